The molecule has 0 spiro atoms. The van der Waals surface area contributed by atoms with Crippen LogP contribution in [-0.2, 0) is 9.53 Å². The van der Waals surface area contributed by atoms with Crippen LogP contribution in [0.1, 0.15) is 15.9 Å². The third-order valence-electron chi connectivity index (χ3n) is 3.61. The Morgan fingerprint density at radius 1 is 1.15 bits per heavy atom. The molecule has 0 aliphatic heterocycles. The van der Waals surface area contributed by atoms with E-state index in [1.807, 2.05) is 12.1 Å². The van der Waals surface area contributed by atoms with Crippen molar-refractivity contribution in [2.75, 3.05) is 27.3 Å². The van der Waals surface area contributed by atoms with Gasteiger partial charge in [0.1, 0.15) is 12.4 Å². The van der Waals surface area contributed by atoms with Crippen LogP contribution in [0.3, 0.4) is 0 Å². The number of rotatable bonds is 7. The van der Waals surface area contributed by atoms with E-state index in [1.54, 1.807) is 54.4 Å². The number of methoxy groups -OCH3 is 1. The van der Waals surface area contributed by atoms with Crippen LogP contribution < -0.4 is 4.74 Å². The van der Waals surface area contributed by atoms with E-state index < -0.39 is 5.97 Å². The van der Waals surface area contributed by atoms with E-state index in [4.69, 9.17) is 16.3 Å². The topological polar surface area (TPSA) is 55.8 Å². The summed E-state index contributed by atoms with van der Waals surface area (Å²) in [6.07, 6.45) is 3.01. The van der Waals surface area contributed by atoms with E-state index in [2.05, 4.69) is 4.74 Å². The van der Waals surface area contributed by atoms with Crippen molar-refractivity contribution in [3.8, 4) is 5.75 Å². The maximum Gasteiger partial charge on any atom is 0.330 e. The number of amides is 1. The first kappa shape index (κ1) is 19.5. The number of carbonyl (C=O) groups excluding carboxylic acids is 2. The second-order valence-electron chi connectivity index (χ2n) is 5.51. The van der Waals surface area contributed by atoms with E-state index in [0.29, 0.717) is 29.5 Å². The van der Waals surface area contributed by atoms with Gasteiger partial charge in [-0.15, -0.1) is 0 Å². The Morgan fingerprint density at radius 2 is 1.88 bits per heavy atom. The third-order valence-corrected chi connectivity index (χ3v) is 3.84. The number of esters is 1. The number of benzene rings is 2. The predicted molar refractivity (Wildman–Crippen MR) is 101 cm³/mol. The maximum absolute atomic E-state index is 12.3. The van der Waals surface area contributed by atoms with E-state index in [1.165, 1.54) is 13.2 Å². The van der Waals surface area contributed by atoms with Crippen LogP contribution in [0.5, 0.6) is 5.75 Å². The monoisotopic (exact) mass is 373 g/mol. The Bertz CT molecular complexity index is 787. The number of halogens is 1. The first-order valence-corrected chi connectivity index (χ1v) is 8.37. The van der Waals surface area contributed by atoms with Crippen LogP contribution >= 0.6 is 11.6 Å². The first-order valence-electron chi connectivity index (χ1n) is 7.99. The molecule has 0 atom stereocenters. The molecule has 26 heavy (non-hydrogen) atoms. The minimum Gasteiger partial charge on any atom is -0.492 e. The number of hydrogen-bond acceptors (Lipinski definition) is 4. The molecule has 2 rings (SSSR count). The third kappa shape index (κ3) is 5.93. The molecule has 2 aromatic carbocycles. The second-order valence-corrected chi connectivity index (χ2v) is 5.95. The standard InChI is InChI=1S/C20H20ClNO4/c1-22(20(24)16-4-3-5-17(21)14-16)12-13-26-18-9-6-15(7-10-18)8-11-19(23)25-2/h3-11,14H,12-13H2,1-2H3/b11-8+. The van der Waals surface area contributed by atoms with Crippen LogP contribution in [0.25, 0.3) is 6.08 Å². The molecular formula is C20H20ClNO4. The van der Waals surface area contributed by atoms with Crippen molar-refractivity contribution in [1.29, 1.82) is 0 Å². The molecule has 0 aliphatic carbocycles. The highest BCUT2D eigenvalue weighted by atomic mass is 35.5. The minimum atomic E-state index is -0.405. The molecule has 0 aromatic heterocycles. The molecule has 136 valence electrons. The van der Waals surface area contributed by atoms with Crippen molar-refractivity contribution < 1.29 is 19.1 Å². The number of hydrogen-bond donors (Lipinski definition) is 0. The fourth-order valence-electron chi connectivity index (χ4n) is 2.15. The lowest BCUT2D eigenvalue weighted by Crippen LogP contribution is -2.30. The second kappa shape index (κ2) is 9.63. The van der Waals surface area contributed by atoms with Gasteiger partial charge in [-0.05, 0) is 42.0 Å². The first-order chi connectivity index (χ1) is 12.5. The molecule has 0 saturated carbocycles. The fourth-order valence-corrected chi connectivity index (χ4v) is 2.34. The molecule has 0 radical (unpaired) electrons. The zero-order chi connectivity index (χ0) is 18.9. The normalized spacial score (nSPS) is 10.6. The molecule has 2 aromatic rings. The summed E-state index contributed by atoms with van der Waals surface area (Å²) in [4.78, 5) is 24.9. The summed E-state index contributed by atoms with van der Waals surface area (Å²) < 4.78 is 10.2. The molecule has 0 N–H and O–H groups in total. The Hall–Kier alpha value is -2.79. The molecule has 5 nitrogen and oxygen atoms in total. The van der Waals surface area contributed by atoms with Crippen molar-refractivity contribution in [1.82, 2.24) is 4.90 Å². The van der Waals surface area contributed by atoms with Crippen LogP contribution in [0.2, 0.25) is 5.02 Å². The van der Waals surface area contributed by atoms with Gasteiger partial charge >= 0.3 is 5.97 Å². The Balaban J connectivity index is 1.82. The molecule has 0 aliphatic rings. The summed E-state index contributed by atoms with van der Waals surface area (Å²) in [6.45, 7) is 0.801. The number of likely N-dealkylation sites (N-methyl/N-ethyl adjacent to an activating group) is 1. The molecule has 0 unspecified atom stereocenters. The van der Waals surface area contributed by atoms with Gasteiger partial charge in [-0.25, -0.2) is 4.79 Å². The lowest BCUT2D eigenvalue weighted by molar-refractivity contribution is -0.134. The van der Waals surface area contributed by atoms with Gasteiger partial charge < -0.3 is 14.4 Å². The zero-order valence-corrected chi connectivity index (χ0v) is 15.4. The van der Waals surface area contributed by atoms with E-state index in [-0.39, 0.29) is 5.91 Å². The highest BCUT2D eigenvalue weighted by Crippen LogP contribution is 2.14. The number of ether oxygens (including phenoxy) is 2. The van der Waals surface area contributed by atoms with Crippen molar-refractivity contribution >= 4 is 29.6 Å². The molecule has 1 amide bonds. The number of carbonyl (C=O) groups is 2. The molecule has 0 fully saturated rings. The van der Waals surface area contributed by atoms with Crippen LogP contribution in [0.15, 0.2) is 54.6 Å². The quantitative estimate of drug-likeness (QED) is 0.548. The molecule has 0 saturated heterocycles. The largest absolute Gasteiger partial charge is 0.492 e. The summed E-state index contributed by atoms with van der Waals surface area (Å²) >= 11 is 5.91. The lowest BCUT2D eigenvalue weighted by atomic mass is 10.2. The fraction of sp³-hybridized carbons (Fsp3) is 0.200. The van der Waals surface area contributed by atoms with Crippen molar-refractivity contribution in [3.05, 3.63) is 70.8 Å². The van der Waals surface area contributed by atoms with Gasteiger partial charge in [-0.1, -0.05) is 29.8 Å². The highest BCUT2D eigenvalue weighted by Gasteiger charge is 2.11. The maximum atomic E-state index is 12.3. The minimum absolute atomic E-state index is 0.112. The van der Waals surface area contributed by atoms with Crippen LogP contribution in [0.4, 0.5) is 0 Å². The van der Waals surface area contributed by atoms with Gasteiger partial charge in [0.15, 0.2) is 0 Å². The van der Waals surface area contributed by atoms with Crippen molar-refractivity contribution in [2.24, 2.45) is 0 Å². The molecular weight excluding hydrogens is 354 g/mol. The van der Waals surface area contributed by atoms with Gasteiger partial charge in [0.05, 0.1) is 13.7 Å². The lowest BCUT2D eigenvalue weighted by Gasteiger charge is -2.17. The smallest absolute Gasteiger partial charge is 0.330 e. The van der Waals surface area contributed by atoms with Gasteiger partial charge in [0.25, 0.3) is 5.91 Å². The SMILES string of the molecule is COC(=O)/C=C/c1ccc(OCCN(C)C(=O)c2cccc(Cl)c2)cc1. The molecule has 0 heterocycles. The van der Waals surface area contributed by atoms with Gasteiger partial charge in [-0.3, -0.25) is 4.79 Å². The summed E-state index contributed by atoms with van der Waals surface area (Å²) in [7, 11) is 3.05. The summed E-state index contributed by atoms with van der Waals surface area (Å²) in [5.74, 6) is 0.168. The Labute approximate surface area is 157 Å². The van der Waals surface area contributed by atoms with Crippen molar-refractivity contribution in [2.45, 2.75) is 0 Å². The van der Waals surface area contributed by atoms with Crippen LogP contribution in [-0.4, -0.2) is 44.1 Å². The Morgan fingerprint density at radius 3 is 2.54 bits per heavy atom. The average Bonchev–Trinajstić information content (AvgIpc) is 2.66. The van der Waals surface area contributed by atoms with Gasteiger partial charge in [0, 0.05) is 23.7 Å². The van der Waals surface area contributed by atoms with E-state index >= 15 is 0 Å². The van der Waals surface area contributed by atoms with Crippen molar-refractivity contribution in [3.63, 3.8) is 0 Å². The summed E-state index contributed by atoms with van der Waals surface area (Å²) in [6, 6.07) is 14.1. The van der Waals surface area contributed by atoms with Crippen LogP contribution in [0, 0.1) is 0 Å². The van der Waals surface area contributed by atoms with Gasteiger partial charge in [-0.2, -0.15) is 0 Å². The number of nitrogens with zero attached hydrogens (tertiary/aromatic N) is 1. The highest BCUT2D eigenvalue weighted by molar-refractivity contribution is 6.30. The Kier molecular flexibility index (Phi) is 7.24. The zero-order valence-electron chi connectivity index (χ0n) is 14.6. The van der Waals surface area contributed by atoms with E-state index in [9.17, 15) is 9.59 Å². The summed E-state index contributed by atoms with van der Waals surface area (Å²) in [5, 5.41) is 0.529. The summed E-state index contributed by atoms with van der Waals surface area (Å²) in [5.41, 5.74) is 1.40. The van der Waals surface area contributed by atoms with E-state index in [0.717, 1.165) is 5.56 Å². The average molecular weight is 374 g/mol. The molecule has 0 bridgehead atoms. The molecule has 6 heteroatoms. The van der Waals surface area contributed by atoms with Gasteiger partial charge in [0.2, 0.25) is 0 Å². The predicted octanol–water partition coefficient (Wildman–Crippen LogP) is 3.68.